The first-order valence-electron chi connectivity index (χ1n) is 12.0. The fraction of sp³-hybridized carbons (Fsp3) is 0.240. The van der Waals surface area contributed by atoms with Crippen LogP contribution in [0.2, 0.25) is 0 Å². The van der Waals surface area contributed by atoms with E-state index in [0.29, 0.717) is 48.2 Å². The highest BCUT2D eigenvalue weighted by molar-refractivity contribution is 7.90. The molecule has 194 valence electrons. The lowest BCUT2D eigenvalue weighted by atomic mass is 10.0. The lowest BCUT2D eigenvalue weighted by Gasteiger charge is -2.21. The molecule has 1 aromatic carbocycles. The molecule has 0 saturated carbocycles. The Morgan fingerprint density at radius 3 is 2.84 bits per heavy atom. The van der Waals surface area contributed by atoms with Gasteiger partial charge in [-0.2, -0.15) is 0 Å². The summed E-state index contributed by atoms with van der Waals surface area (Å²) in [5.41, 5.74) is 1.54. The van der Waals surface area contributed by atoms with Crippen LogP contribution in [-0.4, -0.2) is 57.5 Å². The first-order valence-corrected chi connectivity index (χ1v) is 13.5. The minimum atomic E-state index is -4.26. The Labute approximate surface area is 217 Å². The maximum absolute atomic E-state index is 13.1. The number of ether oxygens (including phenoxy) is 2. The minimum Gasteiger partial charge on any atom is -0.455 e. The summed E-state index contributed by atoms with van der Waals surface area (Å²) in [6, 6.07) is 11.3. The van der Waals surface area contributed by atoms with E-state index in [1.807, 2.05) is 6.07 Å². The quantitative estimate of drug-likeness (QED) is 0.321. The molecule has 0 aliphatic carbocycles. The maximum atomic E-state index is 13.1. The number of rotatable bonds is 7. The van der Waals surface area contributed by atoms with Crippen molar-refractivity contribution in [3.63, 3.8) is 0 Å². The van der Waals surface area contributed by atoms with E-state index in [0.717, 1.165) is 18.2 Å². The number of amides is 1. The zero-order chi connectivity index (χ0) is 26.1. The van der Waals surface area contributed by atoms with Crippen LogP contribution in [0.15, 0.2) is 66.0 Å². The van der Waals surface area contributed by atoms with Gasteiger partial charge in [0, 0.05) is 31.3 Å². The van der Waals surface area contributed by atoms with Crippen molar-refractivity contribution in [2.75, 3.05) is 13.2 Å². The first-order chi connectivity index (χ1) is 18.5. The van der Waals surface area contributed by atoms with E-state index in [2.05, 4.69) is 30.0 Å². The molecule has 5 aromatic rings. The number of nitrogens with one attached hydrogen (secondary N) is 2. The number of hydrogen-bond acceptors (Lipinski definition) is 9. The fourth-order valence-electron chi connectivity index (χ4n) is 4.37. The summed E-state index contributed by atoms with van der Waals surface area (Å²) >= 11 is 0. The van der Waals surface area contributed by atoms with Gasteiger partial charge < -0.3 is 14.5 Å². The van der Waals surface area contributed by atoms with E-state index in [1.165, 1.54) is 24.5 Å². The Balaban J connectivity index is 1.21. The molecule has 1 aliphatic rings. The Kier molecular flexibility index (Phi) is 6.21. The van der Waals surface area contributed by atoms with Gasteiger partial charge in [0.2, 0.25) is 0 Å². The number of carbonyl (C=O) groups is 1. The number of nitrogens with zero attached hydrogens (tertiary/aromatic N) is 5. The molecule has 5 heterocycles. The van der Waals surface area contributed by atoms with E-state index in [-0.39, 0.29) is 16.2 Å². The third-order valence-corrected chi connectivity index (χ3v) is 7.67. The zero-order valence-electron chi connectivity index (χ0n) is 20.1. The predicted octanol–water partition coefficient (Wildman–Crippen LogP) is 3.04. The minimum absolute atomic E-state index is 0.0432. The second-order valence-electron chi connectivity index (χ2n) is 8.96. The number of fused-ring (bicyclic) bond motifs is 2. The number of benzene rings is 1. The average Bonchev–Trinajstić information content (AvgIpc) is 3.56. The average molecular weight is 534 g/mol. The van der Waals surface area contributed by atoms with Gasteiger partial charge in [-0.3, -0.25) is 4.79 Å². The van der Waals surface area contributed by atoms with Crippen LogP contribution >= 0.6 is 0 Å². The molecule has 0 unspecified atom stereocenters. The lowest BCUT2D eigenvalue weighted by molar-refractivity contribution is 0.0603. The summed E-state index contributed by atoms with van der Waals surface area (Å²) < 4.78 is 41.2. The monoisotopic (exact) mass is 533 g/mol. The van der Waals surface area contributed by atoms with Crippen LogP contribution in [0.1, 0.15) is 23.2 Å². The van der Waals surface area contributed by atoms with Crippen molar-refractivity contribution in [2.24, 2.45) is 5.92 Å². The van der Waals surface area contributed by atoms with E-state index in [9.17, 15) is 13.2 Å². The predicted molar refractivity (Wildman–Crippen MR) is 136 cm³/mol. The number of hydrogen-bond donors (Lipinski definition) is 2. The van der Waals surface area contributed by atoms with Crippen LogP contribution < -0.4 is 9.46 Å². The highest BCUT2D eigenvalue weighted by Crippen LogP contribution is 2.27. The van der Waals surface area contributed by atoms with Crippen molar-refractivity contribution >= 4 is 38.1 Å². The highest BCUT2D eigenvalue weighted by Gasteiger charge is 2.24. The van der Waals surface area contributed by atoms with Crippen LogP contribution in [0.3, 0.4) is 0 Å². The van der Waals surface area contributed by atoms with E-state index in [1.54, 1.807) is 35.1 Å². The number of H-pyrrole nitrogens is 1. The number of aromatic amines is 1. The molecule has 6 rings (SSSR count). The molecule has 1 aliphatic heterocycles. The van der Waals surface area contributed by atoms with Crippen molar-refractivity contribution in [3.8, 4) is 11.5 Å². The molecule has 2 N–H and O–H groups in total. The summed E-state index contributed by atoms with van der Waals surface area (Å²) in [5, 5.41) is 9.07. The van der Waals surface area contributed by atoms with Gasteiger partial charge in [-0.25, -0.2) is 27.8 Å². The van der Waals surface area contributed by atoms with Gasteiger partial charge in [0.1, 0.15) is 27.6 Å². The molecule has 13 heteroatoms. The van der Waals surface area contributed by atoms with Crippen LogP contribution in [0, 0.1) is 5.92 Å². The summed E-state index contributed by atoms with van der Waals surface area (Å²) in [4.78, 5) is 24.4. The third kappa shape index (κ3) is 4.80. The topological polar surface area (TPSA) is 154 Å². The molecule has 1 fully saturated rings. The lowest BCUT2D eigenvalue weighted by Crippen LogP contribution is -2.31. The van der Waals surface area contributed by atoms with Crippen LogP contribution in [-0.2, 0) is 21.3 Å². The van der Waals surface area contributed by atoms with Gasteiger partial charge >= 0.3 is 0 Å². The largest absolute Gasteiger partial charge is 0.455 e. The summed E-state index contributed by atoms with van der Waals surface area (Å²) in [5.74, 6) is 0.126. The van der Waals surface area contributed by atoms with Crippen LogP contribution in [0.5, 0.6) is 11.5 Å². The molecular formula is C25H23N7O5S. The number of pyridine rings is 2. The second kappa shape index (κ2) is 9.84. The number of sulfonamides is 1. The van der Waals surface area contributed by atoms with Gasteiger partial charge in [-0.15, -0.1) is 5.10 Å². The molecular weight excluding hydrogens is 510 g/mol. The number of carbonyl (C=O) groups excluding carboxylic acids is 1. The summed E-state index contributed by atoms with van der Waals surface area (Å²) in [6.07, 6.45) is 6.31. The van der Waals surface area contributed by atoms with Gasteiger partial charge in [-0.05, 0) is 49.1 Å². The third-order valence-electron chi connectivity index (χ3n) is 6.37. The van der Waals surface area contributed by atoms with Gasteiger partial charge in [0.25, 0.3) is 15.9 Å². The standard InChI is InChI=1S/C25H23N7O5S/c33-25(20-3-1-2-4-22(20)37-18-11-17-5-8-26-23(17)27-13-18)30-38(34,35)19-12-21-24(28-14-19)32(31-29-21)15-16-6-9-36-10-7-16/h1-5,8,11-14,16H,6-7,9-10,15H2,(H,26,27)(H,30,33). The molecule has 12 nitrogen and oxygen atoms in total. The molecule has 1 saturated heterocycles. The van der Waals surface area contributed by atoms with Gasteiger partial charge in [0.15, 0.2) is 5.65 Å². The van der Waals surface area contributed by atoms with E-state index in [4.69, 9.17) is 9.47 Å². The smallest absolute Gasteiger partial charge is 0.268 e. The molecule has 1 amide bonds. The molecule has 0 spiro atoms. The van der Waals surface area contributed by atoms with Crippen molar-refractivity contribution in [3.05, 3.63) is 66.6 Å². The van der Waals surface area contributed by atoms with E-state index >= 15 is 0 Å². The van der Waals surface area contributed by atoms with Crippen molar-refractivity contribution in [1.29, 1.82) is 0 Å². The highest BCUT2D eigenvalue weighted by atomic mass is 32.2. The van der Waals surface area contributed by atoms with E-state index < -0.39 is 15.9 Å². The molecule has 38 heavy (non-hydrogen) atoms. The van der Waals surface area contributed by atoms with Gasteiger partial charge in [0.05, 0.1) is 18.0 Å². The molecule has 4 aromatic heterocycles. The Hall–Kier alpha value is -4.36. The van der Waals surface area contributed by atoms with Crippen LogP contribution in [0.25, 0.3) is 22.2 Å². The normalized spacial score (nSPS) is 14.6. The Morgan fingerprint density at radius 2 is 1.97 bits per heavy atom. The fourth-order valence-corrected chi connectivity index (χ4v) is 5.30. The number of para-hydroxylation sites is 1. The second-order valence-corrected chi connectivity index (χ2v) is 10.6. The molecule has 0 radical (unpaired) electrons. The molecule has 0 atom stereocenters. The maximum Gasteiger partial charge on any atom is 0.268 e. The van der Waals surface area contributed by atoms with Crippen molar-refractivity contribution < 1.29 is 22.7 Å². The molecule has 0 bridgehead atoms. The Morgan fingerprint density at radius 1 is 1.13 bits per heavy atom. The summed E-state index contributed by atoms with van der Waals surface area (Å²) in [6.45, 7) is 2.04. The number of aromatic nitrogens is 6. The van der Waals surface area contributed by atoms with Crippen molar-refractivity contribution in [1.82, 2.24) is 34.7 Å². The van der Waals surface area contributed by atoms with Crippen molar-refractivity contribution in [2.45, 2.75) is 24.3 Å². The van der Waals surface area contributed by atoms with Gasteiger partial charge in [-0.1, -0.05) is 17.3 Å². The zero-order valence-corrected chi connectivity index (χ0v) is 20.9. The summed E-state index contributed by atoms with van der Waals surface area (Å²) in [7, 11) is -4.26. The first kappa shape index (κ1) is 24.0. The van der Waals surface area contributed by atoms with Crippen LogP contribution in [0.4, 0.5) is 0 Å². The SMILES string of the molecule is O=C(NS(=O)(=O)c1cnc2c(c1)nnn2CC1CCOCC1)c1ccccc1Oc1cnc2[nH]ccc2c1. The Bertz CT molecular complexity index is 1740.